The average molecular weight is 301 g/mol. The molecular formula is C16H13ClN2O2. The van der Waals surface area contributed by atoms with Crippen LogP contribution in [-0.4, -0.2) is 24.0 Å². The van der Waals surface area contributed by atoms with E-state index in [-0.39, 0.29) is 11.8 Å². The van der Waals surface area contributed by atoms with Crippen LogP contribution >= 0.6 is 11.6 Å². The van der Waals surface area contributed by atoms with Crippen molar-refractivity contribution in [2.24, 2.45) is 0 Å². The predicted octanol–water partition coefficient (Wildman–Crippen LogP) is 2.80. The highest BCUT2D eigenvalue weighted by molar-refractivity contribution is 6.30. The van der Waals surface area contributed by atoms with Crippen molar-refractivity contribution in [2.45, 2.75) is 12.3 Å². The Hall–Kier alpha value is -2.07. The van der Waals surface area contributed by atoms with E-state index < -0.39 is 0 Å². The maximum absolute atomic E-state index is 12.9. The molecule has 1 unspecified atom stereocenters. The third kappa shape index (κ3) is 1.98. The highest BCUT2D eigenvalue weighted by Gasteiger charge is 2.36. The van der Waals surface area contributed by atoms with Crippen LogP contribution in [0.1, 0.15) is 17.0 Å². The molecule has 1 aromatic carbocycles. The van der Waals surface area contributed by atoms with Gasteiger partial charge in [0, 0.05) is 23.3 Å². The van der Waals surface area contributed by atoms with E-state index in [2.05, 4.69) is 4.98 Å². The number of fused-ring (bicyclic) bond motifs is 2. The van der Waals surface area contributed by atoms with Crippen molar-refractivity contribution in [1.29, 1.82) is 0 Å². The summed E-state index contributed by atoms with van der Waals surface area (Å²) in [7, 11) is 0. The Labute approximate surface area is 127 Å². The molecule has 0 spiro atoms. The number of aromatic nitrogens is 1. The quantitative estimate of drug-likeness (QED) is 0.813. The molecule has 2 aromatic rings. The molecule has 2 aliphatic heterocycles. The molecule has 0 aliphatic carbocycles. The Morgan fingerprint density at radius 1 is 1.38 bits per heavy atom. The summed E-state index contributed by atoms with van der Waals surface area (Å²) in [5, 5.41) is 0.625. The van der Waals surface area contributed by atoms with Crippen LogP contribution in [0.5, 0.6) is 5.75 Å². The lowest BCUT2D eigenvalue weighted by molar-refractivity contribution is -0.120. The Balaban J connectivity index is 1.68. The fourth-order valence-electron chi connectivity index (χ4n) is 3.03. The zero-order chi connectivity index (χ0) is 14.4. The molecular weight excluding hydrogens is 288 g/mol. The number of benzene rings is 1. The molecule has 0 bridgehead atoms. The molecule has 4 rings (SSSR count). The highest BCUT2D eigenvalue weighted by Crippen LogP contribution is 2.38. The molecule has 1 amide bonds. The van der Waals surface area contributed by atoms with E-state index in [4.69, 9.17) is 16.3 Å². The zero-order valence-corrected chi connectivity index (χ0v) is 12.0. The lowest BCUT2D eigenvalue weighted by Gasteiger charge is -2.20. The third-order valence-electron chi connectivity index (χ3n) is 4.10. The van der Waals surface area contributed by atoms with E-state index in [9.17, 15) is 4.79 Å². The fraction of sp³-hybridized carbons (Fsp3) is 0.250. The number of rotatable bonds is 1. The molecule has 0 N–H and O–H groups in total. The Morgan fingerprint density at radius 3 is 3.19 bits per heavy atom. The Morgan fingerprint density at radius 2 is 2.29 bits per heavy atom. The van der Waals surface area contributed by atoms with Gasteiger partial charge < -0.3 is 9.64 Å². The van der Waals surface area contributed by atoms with Gasteiger partial charge in [-0.15, -0.1) is 0 Å². The number of nitrogens with zero attached hydrogens (tertiary/aromatic N) is 2. The Bertz CT molecular complexity index is 732. The van der Waals surface area contributed by atoms with E-state index in [1.54, 1.807) is 18.5 Å². The van der Waals surface area contributed by atoms with Gasteiger partial charge in [-0.05, 0) is 36.2 Å². The number of carbonyl (C=O) groups excluding carboxylic acids is 1. The van der Waals surface area contributed by atoms with Crippen LogP contribution in [0.4, 0.5) is 5.69 Å². The second-order valence-corrected chi connectivity index (χ2v) is 5.73. The van der Waals surface area contributed by atoms with E-state index >= 15 is 0 Å². The molecule has 0 radical (unpaired) electrons. The first-order chi connectivity index (χ1) is 10.2. The number of hydrogen-bond acceptors (Lipinski definition) is 3. The van der Waals surface area contributed by atoms with Gasteiger partial charge in [-0.2, -0.15) is 0 Å². The number of halogens is 1. The maximum atomic E-state index is 12.9. The molecule has 0 saturated carbocycles. The standard InChI is InChI=1S/C16H13ClN2O2/c17-11-1-2-15-12(7-11)13(9-21-15)16(20)19-6-4-10-3-5-18-8-14(10)19/h1-3,5,7-8,13H,4,6,9H2. The molecule has 1 aromatic heterocycles. The number of pyridine rings is 1. The van der Waals surface area contributed by atoms with Gasteiger partial charge in [-0.25, -0.2) is 0 Å². The average Bonchev–Trinajstić information content (AvgIpc) is 3.10. The first kappa shape index (κ1) is 12.7. The fourth-order valence-corrected chi connectivity index (χ4v) is 3.21. The molecule has 2 aliphatic rings. The van der Waals surface area contributed by atoms with Crippen molar-refractivity contribution in [3.63, 3.8) is 0 Å². The molecule has 5 heteroatoms. The van der Waals surface area contributed by atoms with Gasteiger partial charge in [-0.1, -0.05) is 11.6 Å². The van der Waals surface area contributed by atoms with Crippen molar-refractivity contribution < 1.29 is 9.53 Å². The third-order valence-corrected chi connectivity index (χ3v) is 4.34. The number of ether oxygens (including phenoxy) is 1. The number of carbonyl (C=O) groups is 1. The molecule has 0 saturated heterocycles. The zero-order valence-electron chi connectivity index (χ0n) is 11.3. The van der Waals surface area contributed by atoms with E-state index in [0.29, 0.717) is 18.2 Å². The van der Waals surface area contributed by atoms with Gasteiger partial charge in [-0.3, -0.25) is 9.78 Å². The minimum Gasteiger partial charge on any atom is -0.492 e. The molecule has 21 heavy (non-hydrogen) atoms. The van der Waals surface area contributed by atoms with E-state index in [1.165, 1.54) is 5.56 Å². The highest BCUT2D eigenvalue weighted by atomic mass is 35.5. The molecule has 1 atom stereocenters. The lowest BCUT2D eigenvalue weighted by atomic mass is 10.00. The monoisotopic (exact) mass is 300 g/mol. The van der Waals surface area contributed by atoms with Crippen LogP contribution in [0.25, 0.3) is 0 Å². The second kappa shape index (κ2) is 4.74. The normalized spacial score (nSPS) is 19.1. The largest absolute Gasteiger partial charge is 0.492 e. The van der Waals surface area contributed by atoms with Gasteiger partial charge in [0.15, 0.2) is 0 Å². The topological polar surface area (TPSA) is 42.4 Å². The van der Waals surface area contributed by atoms with E-state index in [1.807, 2.05) is 23.1 Å². The van der Waals surface area contributed by atoms with Crippen LogP contribution in [0.3, 0.4) is 0 Å². The summed E-state index contributed by atoms with van der Waals surface area (Å²) in [6, 6.07) is 7.40. The van der Waals surface area contributed by atoms with Crippen LogP contribution in [0.2, 0.25) is 5.02 Å². The maximum Gasteiger partial charge on any atom is 0.238 e. The number of anilines is 1. The summed E-state index contributed by atoms with van der Waals surface area (Å²) in [5.74, 6) is 0.524. The Kier molecular flexibility index (Phi) is 2.86. The van der Waals surface area contributed by atoms with Gasteiger partial charge in [0.2, 0.25) is 5.91 Å². The summed E-state index contributed by atoms with van der Waals surface area (Å²) in [6.45, 7) is 1.08. The van der Waals surface area contributed by atoms with Crippen molar-refractivity contribution >= 4 is 23.2 Å². The first-order valence-electron chi connectivity index (χ1n) is 6.90. The lowest BCUT2D eigenvalue weighted by Crippen LogP contribution is -2.34. The van der Waals surface area contributed by atoms with Gasteiger partial charge in [0.1, 0.15) is 18.3 Å². The second-order valence-electron chi connectivity index (χ2n) is 5.29. The van der Waals surface area contributed by atoms with Gasteiger partial charge >= 0.3 is 0 Å². The summed E-state index contributed by atoms with van der Waals surface area (Å²) < 4.78 is 5.61. The SMILES string of the molecule is O=C(C1COc2ccc(Cl)cc21)N1CCc2ccncc21. The number of amides is 1. The predicted molar refractivity (Wildman–Crippen MR) is 80.0 cm³/mol. The summed E-state index contributed by atoms with van der Waals surface area (Å²) in [4.78, 5) is 18.8. The van der Waals surface area contributed by atoms with Crippen molar-refractivity contribution in [1.82, 2.24) is 4.98 Å². The van der Waals surface area contributed by atoms with Gasteiger partial charge in [0.25, 0.3) is 0 Å². The molecule has 106 valence electrons. The van der Waals surface area contributed by atoms with Crippen LogP contribution in [0.15, 0.2) is 36.7 Å². The van der Waals surface area contributed by atoms with Crippen molar-refractivity contribution in [3.05, 3.63) is 52.8 Å². The van der Waals surface area contributed by atoms with Crippen LogP contribution < -0.4 is 9.64 Å². The first-order valence-corrected chi connectivity index (χ1v) is 7.28. The molecule has 3 heterocycles. The van der Waals surface area contributed by atoms with Crippen molar-refractivity contribution in [3.8, 4) is 5.75 Å². The van der Waals surface area contributed by atoms with Gasteiger partial charge in [0.05, 0.1) is 11.9 Å². The smallest absolute Gasteiger partial charge is 0.238 e. The van der Waals surface area contributed by atoms with Crippen LogP contribution in [0, 0.1) is 0 Å². The summed E-state index contributed by atoms with van der Waals surface area (Å²) in [5.41, 5.74) is 2.96. The summed E-state index contributed by atoms with van der Waals surface area (Å²) in [6.07, 6.45) is 4.40. The summed E-state index contributed by atoms with van der Waals surface area (Å²) >= 11 is 6.04. The molecule has 4 nitrogen and oxygen atoms in total. The van der Waals surface area contributed by atoms with Crippen molar-refractivity contribution in [2.75, 3.05) is 18.1 Å². The number of hydrogen-bond donors (Lipinski definition) is 0. The van der Waals surface area contributed by atoms with Crippen LogP contribution in [-0.2, 0) is 11.2 Å². The minimum absolute atomic E-state index is 0.0581. The molecule has 0 fully saturated rings. The minimum atomic E-state index is -0.287. The van der Waals surface area contributed by atoms with E-state index in [0.717, 1.165) is 23.4 Å².